The van der Waals surface area contributed by atoms with Crippen LogP contribution in [0.25, 0.3) is 87.6 Å². The van der Waals surface area contributed by atoms with Gasteiger partial charge in [0.25, 0.3) is 0 Å². The maximum atomic E-state index is 2.40. The van der Waals surface area contributed by atoms with Crippen molar-refractivity contribution in [3.05, 3.63) is 182 Å². The molecule has 0 spiro atoms. The first kappa shape index (κ1) is 26.4. The Balaban J connectivity index is 1.41. The van der Waals surface area contributed by atoms with Crippen molar-refractivity contribution in [1.29, 1.82) is 0 Å². The second-order valence-corrected chi connectivity index (χ2v) is 12.1. The quantitative estimate of drug-likeness (QED) is 0.143. The fraction of sp³-hybridized carbons (Fsp3) is 0. The summed E-state index contributed by atoms with van der Waals surface area (Å²) in [6.45, 7) is 0. The Bertz CT molecular complexity index is 2440. The topological polar surface area (TPSA) is 0 Å². The molecule has 0 N–H and O–H groups in total. The van der Waals surface area contributed by atoms with Gasteiger partial charge in [-0.05, 0) is 112 Å². The van der Waals surface area contributed by atoms with Gasteiger partial charge in [-0.15, -0.1) is 0 Å². The minimum atomic E-state index is 1.22. The summed E-state index contributed by atoms with van der Waals surface area (Å²) in [5.41, 5.74) is 9.93. The number of rotatable bonds is 4. The largest absolute Gasteiger partial charge is 0.0622 e. The van der Waals surface area contributed by atoms with Crippen molar-refractivity contribution < 1.29 is 0 Å². The van der Waals surface area contributed by atoms with Gasteiger partial charge in [-0.25, -0.2) is 0 Å². The van der Waals surface area contributed by atoms with Crippen LogP contribution in [0.15, 0.2) is 182 Å². The smallest absolute Gasteiger partial charge is 0.00199 e. The zero-order chi connectivity index (χ0) is 30.5. The second-order valence-electron chi connectivity index (χ2n) is 12.1. The summed E-state index contributed by atoms with van der Waals surface area (Å²) >= 11 is 0. The van der Waals surface area contributed by atoms with E-state index in [1.807, 2.05) is 0 Å². The normalized spacial score (nSPS) is 11.5. The standard InChI is InChI=1S/C46H30/c1-3-15-31(16-4-1)34-27-35(32-17-5-2-6-18-32)29-36(28-34)45-40-23-11-13-25-42(40)46(43-26-14-12-24-41(43)45)44-30-33-19-7-8-20-37(33)38-21-9-10-22-39(38)44/h1-30H. The fourth-order valence-electron chi connectivity index (χ4n) is 7.36. The van der Waals surface area contributed by atoms with Crippen LogP contribution in [0.3, 0.4) is 0 Å². The van der Waals surface area contributed by atoms with Gasteiger partial charge in [0.05, 0.1) is 0 Å². The van der Waals surface area contributed by atoms with Crippen molar-refractivity contribution in [3.63, 3.8) is 0 Å². The van der Waals surface area contributed by atoms with E-state index in [0.29, 0.717) is 0 Å². The van der Waals surface area contributed by atoms with Crippen molar-refractivity contribution in [1.82, 2.24) is 0 Å². The first-order valence-corrected chi connectivity index (χ1v) is 15.9. The molecule has 0 aliphatic heterocycles. The molecular weight excluding hydrogens is 553 g/mol. The third-order valence-corrected chi connectivity index (χ3v) is 9.40. The van der Waals surface area contributed by atoms with Crippen LogP contribution in [0, 0.1) is 0 Å². The van der Waals surface area contributed by atoms with Gasteiger partial charge >= 0.3 is 0 Å². The van der Waals surface area contributed by atoms with E-state index in [1.54, 1.807) is 0 Å². The highest BCUT2D eigenvalue weighted by molar-refractivity contribution is 6.25. The van der Waals surface area contributed by atoms with E-state index in [4.69, 9.17) is 0 Å². The highest BCUT2D eigenvalue weighted by Gasteiger charge is 2.19. The molecule has 0 atom stereocenters. The van der Waals surface area contributed by atoms with E-state index < -0.39 is 0 Å². The van der Waals surface area contributed by atoms with E-state index in [0.717, 1.165) is 0 Å². The molecule has 0 saturated heterocycles. The van der Waals surface area contributed by atoms with Gasteiger partial charge < -0.3 is 0 Å². The Hall–Kier alpha value is -5.98. The molecular formula is C46H30. The molecule has 9 aromatic carbocycles. The van der Waals surface area contributed by atoms with E-state index in [-0.39, 0.29) is 0 Å². The first-order valence-electron chi connectivity index (χ1n) is 15.9. The molecule has 9 aromatic rings. The molecule has 0 bridgehead atoms. The third-order valence-electron chi connectivity index (χ3n) is 9.40. The average Bonchev–Trinajstić information content (AvgIpc) is 3.14. The van der Waals surface area contributed by atoms with Crippen molar-refractivity contribution in [2.45, 2.75) is 0 Å². The Morgan fingerprint density at radius 3 is 1.15 bits per heavy atom. The van der Waals surface area contributed by atoms with Gasteiger partial charge in [0, 0.05) is 0 Å². The van der Waals surface area contributed by atoms with Gasteiger partial charge in [0.1, 0.15) is 0 Å². The van der Waals surface area contributed by atoms with Crippen molar-refractivity contribution in [3.8, 4) is 44.5 Å². The molecule has 214 valence electrons. The van der Waals surface area contributed by atoms with Gasteiger partial charge in [-0.2, -0.15) is 0 Å². The molecule has 0 fully saturated rings. The third kappa shape index (κ3) is 4.30. The van der Waals surface area contributed by atoms with E-state index in [2.05, 4.69) is 182 Å². The zero-order valence-corrected chi connectivity index (χ0v) is 25.3. The summed E-state index contributed by atoms with van der Waals surface area (Å²) < 4.78 is 0. The van der Waals surface area contributed by atoms with Gasteiger partial charge in [-0.3, -0.25) is 0 Å². The Morgan fingerprint density at radius 1 is 0.217 bits per heavy atom. The first-order chi connectivity index (χ1) is 22.8. The maximum absolute atomic E-state index is 2.40. The van der Waals surface area contributed by atoms with E-state index in [9.17, 15) is 0 Å². The second kappa shape index (κ2) is 10.9. The van der Waals surface area contributed by atoms with Gasteiger partial charge in [0.2, 0.25) is 0 Å². The van der Waals surface area contributed by atoms with Crippen molar-refractivity contribution in [2.24, 2.45) is 0 Å². The molecule has 0 aromatic heterocycles. The average molecular weight is 583 g/mol. The van der Waals surface area contributed by atoms with Crippen LogP contribution in [-0.2, 0) is 0 Å². The lowest BCUT2D eigenvalue weighted by Gasteiger charge is -2.20. The van der Waals surface area contributed by atoms with Crippen LogP contribution in [0.2, 0.25) is 0 Å². The summed E-state index contributed by atoms with van der Waals surface area (Å²) in [6.07, 6.45) is 0. The lowest BCUT2D eigenvalue weighted by molar-refractivity contribution is 1.58. The lowest BCUT2D eigenvalue weighted by Crippen LogP contribution is -1.93. The highest BCUT2D eigenvalue weighted by atomic mass is 14.2. The monoisotopic (exact) mass is 582 g/mol. The Morgan fingerprint density at radius 2 is 0.609 bits per heavy atom. The van der Waals surface area contributed by atoms with Crippen molar-refractivity contribution >= 4 is 43.1 Å². The minimum Gasteiger partial charge on any atom is -0.0622 e. The molecule has 9 rings (SSSR count). The van der Waals surface area contributed by atoms with Crippen LogP contribution in [0.4, 0.5) is 0 Å². The molecule has 0 heteroatoms. The summed E-state index contributed by atoms with van der Waals surface area (Å²) in [6, 6.07) is 66.6. The van der Waals surface area contributed by atoms with Crippen molar-refractivity contribution in [2.75, 3.05) is 0 Å². The molecule has 0 unspecified atom stereocenters. The van der Waals surface area contributed by atoms with Gasteiger partial charge in [-0.1, -0.05) is 158 Å². The SMILES string of the molecule is c1ccc(-c2cc(-c3ccccc3)cc(-c3c4ccccc4c(-c4cc5ccccc5c5ccccc45)c4ccccc34)c2)cc1. The van der Waals surface area contributed by atoms with Crippen LogP contribution >= 0.6 is 0 Å². The minimum absolute atomic E-state index is 1.22. The molecule has 0 amide bonds. The maximum Gasteiger partial charge on any atom is -0.00199 e. The predicted octanol–water partition coefficient (Wildman–Crippen LogP) is 13.0. The van der Waals surface area contributed by atoms with Crippen LogP contribution in [-0.4, -0.2) is 0 Å². The van der Waals surface area contributed by atoms with E-state index >= 15 is 0 Å². The molecule has 0 heterocycles. The van der Waals surface area contributed by atoms with Crippen LogP contribution in [0.5, 0.6) is 0 Å². The van der Waals surface area contributed by atoms with E-state index in [1.165, 1.54) is 87.6 Å². The number of hydrogen-bond acceptors (Lipinski definition) is 0. The van der Waals surface area contributed by atoms with Crippen LogP contribution < -0.4 is 0 Å². The van der Waals surface area contributed by atoms with Gasteiger partial charge in [0.15, 0.2) is 0 Å². The molecule has 0 nitrogen and oxygen atoms in total. The number of benzene rings is 9. The Kier molecular flexibility index (Phi) is 6.25. The summed E-state index contributed by atoms with van der Waals surface area (Å²) in [4.78, 5) is 0. The summed E-state index contributed by atoms with van der Waals surface area (Å²) in [7, 11) is 0. The summed E-state index contributed by atoms with van der Waals surface area (Å²) in [5, 5.41) is 10.2. The number of fused-ring (bicyclic) bond motifs is 5. The molecule has 46 heavy (non-hydrogen) atoms. The Labute approximate surface area is 268 Å². The highest BCUT2D eigenvalue weighted by Crippen LogP contribution is 2.47. The molecule has 0 aliphatic rings. The summed E-state index contributed by atoms with van der Waals surface area (Å²) in [5.74, 6) is 0. The molecule has 0 aliphatic carbocycles. The number of hydrogen-bond donors (Lipinski definition) is 0. The van der Waals surface area contributed by atoms with Crippen LogP contribution in [0.1, 0.15) is 0 Å². The fourth-order valence-corrected chi connectivity index (χ4v) is 7.36. The molecule has 0 saturated carbocycles. The predicted molar refractivity (Wildman–Crippen MR) is 198 cm³/mol. The zero-order valence-electron chi connectivity index (χ0n) is 25.3. The molecule has 0 radical (unpaired) electrons. The lowest BCUT2D eigenvalue weighted by atomic mass is 9.83.